The highest BCUT2D eigenvalue weighted by atomic mass is 32.2. The van der Waals surface area contributed by atoms with Crippen molar-refractivity contribution in [2.75, 3.05) is 26.2 Å². The number of hydrogen-bond donors (Lipinski definition) is 0. The topological polar surface area (TPSA) is 57.7 Å². The molecule has 1 amide bonds. The third-order valence-corrected chi connectivity index (χ3v) is 7.63. The van der Waals surface area contributed by atoms with Crippen LogP contribution in [0.4, 0.5) is 0 Å². The average Bonchev–Trinajstić information content (AvgIpc) is 3.15. The smallest absolute Gasteiger partial charge is 0.243 e. The highest BCUT2D eigenvalue weighted by Crippen LogP contribution is 2.28. The number of carbonyl (C=O) groups is 1. The van der Waals surface area contributed by atoms with E-state index in [9.17, 15) is 13.2 Å². The lowest BCUT2D eigenvalue weighted by atomic mass is 10.0. The molecule has 2 fully saturated rings. The summed E-state index contributed by atoms with van der Waals surface area (Å²) in [7, 11) is -3.48. The van der Waals surface area contributed by atoms with E-state index in [4.69, 9.17) is 0 Å². The van der Waals surface area contributed by atoms with Crippen LogP contribution in [0.25, 0.3) is 0 Å². The maximum absolute atomic E-state index is 12.8. The number of benzene rings is 1. The zero-order valence-corrected chi connectivity index (χ0v) is 16.7. The van der Waals surface area contributed by atoms with Crippen molar-refractivity contribution in [1.29, 1.82) is 0 Å². The highest BCUT2D eigenvalue weighted by molar-refractivity contribution is 7.89. The molecule has 0 bridgehead atoms. The van der Waals surface area contributed by atoms with Crippen LogP contribution in [-0.2, 0) is 14.8 Å². The summed E-state index contributed by atoms with van der Waals surface area (Å²) >= 11 is 0. The van der Waals surface area contributed by atoms with Crippen LogP contribution in [0, 0.1) is 5.92 Å². The van der Waals surface area contributed by atoms with E-state index in [0.29, 0.717) is 49.3 Å². The van der Waals surface area contributed by atoms with E-state index in [0.717, 1.165) is 18.4 Å². The van der Waals surface area contributed by atoms with Crippen molar-refractivity contribution >= 4 is 15.9 Å². The van der Waals surface area contributed by atoms with Gasteiger partial charge in [-0.1, -0.05) is 38.8 Å². The molecular weight excluding hydrogens is 348 g/mol. The summed E-state index contributed by atoms with van der Waals surface area (Å²) in [5.74, 6) is 1.10. The van der Waals surface area contributed by atoms with E-state index in [2.05, 4.69) is 13.8 Å². The Morgan fingerprint density at radius 2 is 1.62 bits per heavy atom. The van der Waals surface area contributed by atoms with Crippen LogP contribution in [-0.4, -0.2) is 49.7 Å². The second-order valence-corrected chi connectivity index (χ2v) is 9.80. The van der Waals surface area contributed by atoms with Gasteiger partial charge in [0.2, 0.25) is 15.9 Å². The van der Waals surface area contributed by atoms with Gasteiger partial charge >= 0.3 is 0 Å². The monoisotopic (exact) mass is 378 g/mol. The summed E-state index contributed by atoms with van der Waals surface area (Å²) in [6, 6.07) is 7.17. The summed E-state index contributed by atoms with van der Waals surface area (Å²) in [5.41, 5.74) is 1.13. The first-order valence-corrected chi connectivity index (χ1v) is 11.2. The molecule has 144 valence electrons. The van der Waals surface area contributed by atoms with Gasteiger partial charge in [0.05, 0.1) is 4.90 Å². The van der Waals surface area contributed by atoms with Gasteiger partial charge in [-0.25, -0.2) is 8.42 Å². The summed E-state index contributed by atoms with van der Waals surface area (Å²) in [5, 5.41) is 0. The predicted molar refractivity (Wildman–Crippen MR) is 102 cm³/mol. The molecule has 1 aromatic carbocycles. The van der Waals surface area contributed by atoms with Gasteiger partial charge in [0.15, 0.2) is 0 Å². The number of amides is 1. The summed E-state index contributed by atoms with van der Waals surface area (Å²) in [4.78, 5) is 14.6. The molecule has 6 heteroatoms. The number of carbonyl (C=O) groups excluding carboxylic acids is 1. The number of sulfonamides is 1. The Hall–Kier alpha value is -1.40. The first-order chi connectivity index (χ1) is 12.4. The maximum atomic E-state index is 12.8. The lowest BCUT2D eigenvalue weighted by molar-refractivity contribution is -0.133. The molecule has 0 radical (unpaired) electrons. The average molecular weight is 379 g/mol. The lowest BCUT2D eigenvalue weighted by Crippen LogP contribution is -2.50. The molecule has 1 saturated carbocycles. The van der Waals surface area contributed by atoms with E-state index in [1.54, 1.807) is 12.1 Å². The molecule has 3 rings (SSSR count). The Bertz CT molecular complexity index is 714. The third kappa shape index (κ3) is 4.29. The molecule has 1 aromatic rings. The molecule has 1 aliphatic carbocycles. The van der Waals surface area contributed by atoms with Gasteiger partial charge in [0.1, 0.15) is 0 Å². The Kier molecular flexibility index (Phi) is 6.03. The van der Waals surface area contributed by atoms with Crippen LogP contribution < -0.4 is 0 Å². The Morgan fingerprint density at radius 3 is 2.15 bits per heavy atom. The Morgan fingerprint density at radius 1 is 1.04 bits per heavy atom. The summed E-state index contributed by atoms with van der Waals surface area (Å²) < 4.78 is 27.2. The van der Waals surface area contributed by atoms with Crippen molar-refractivity contribution in [2.24, 2.45) is 5.92 Å². The molecule has 0 N–H and O–H groups in total. The van der Waals surface area contributed by atoms with Gasteiger partial charge in [0, 0.05) is 32.6 Å². The van der Waals surface area contributed by atoms with Gasteiger partial charge in [0.25, 0.3) is 0 Å². The fourth-order valence-corrected chi connectivity index (χ4v) is 5.36. The SMILES string of the molecule is CC(C)c1ccc(S(=O)(=O)N2CCN(C(=O)CC3CCCC3)CC2)cc1. The number of hydrogen-bond acceptors (Lipinski definition) is 3. The minimum atomic E-state index is -3.48. The Labute approximate surface area is 157 Å². The normalized spacial score (nSPS) is 20.0. The second-order valence-electron chi connectivity index (χ2n) is 7.86. The number of rotatable bonds is 5. The lowest BCUT2D eigenvalue weighted by Gasteiger charge is -2.34. The molecule has 26 heavy (non-hydrogen) atoms. The zero-order chi connectivity index (χ0) is 18.7. The van der Waals surface area contributed by atoms with Crippen LogP contribution >= 0.6 is 0 Å². The molecule has 1 saturated heterocycles. The minimum absolute atomic E-state index is 0.190. The van der Waals surface area contributed by atoms with Crippen LogP contribution in [0.2, 0.25) is 0 Å². The molecule has 1 aliphatic heterocycles. The van der Waals surface area contributed by atoms with E-state index >= 15 is 0 Å². The van der Waals surface area contributed by atoms with E-state index in [1.165, 1.54) is 17.1 Å². The standard InChI is InChI=1S/C20H30N2O3S/c1-16(2)18-7-9-19(10-8-18)26(24,25)22-13-11-21(12-14-22)20(23)15-17-5-3-4-6-17/h7-10,16-17H,3-6,11-15H2,1-2H3. The fourth-order valence-electron chi connectivity index (χ4n) is 3.94. The van der Waals surface area contributed by atoms with Crippen molar-refractivity contribution in [3.63, 3.8) is 0 Å². The van der Waals surface area contributed by atoms with Crippen molar-refractivity contribution in [2.45, 2.75) is 56.8 Å². The zero-order valence-electron chi connectivity index (χ0n) is 15.9. The third-order valence-electron chi connectivity index (χ3n) is 5.71. The molecular formula is C20H30N2O3S. The van der Waals surface area contributed by atoms with Crippen LogP contribution in [0.3, 0.4) is 0 Å². The maximum Gasteiger partial charge on any atom is 0.243 e. The first-order valence-electron chi connectivity index (χ1n) is 9.76. The largest absolute Gasteiger partial charge is 0.340 e. The van der Waals surface area contributed by atoms with Gasteiger partial charge < -0.3 is 4.90 Å². The highest BCUT2D eigenvalue weighted by Gasteiger charge is 2.31. The van der Waals surface area contributed by atoms with Gasteiger partial charge in [-0.3, -0.25) is 4.79 Å². The molecule has 2 aliphatic rings. The fraction of sp³-hybridized carbons (Fsp3) is 0.650. The quantitative estimate of drug-likeness (QED) is 0.790. The van der Waals surface area contributed by atoms with Crippen LogP contribution in [0.15, 0.2) is 29.2 Å². The summed E-state index contributed by atoms with van der Waals surface area (Å²) in [6.07, 6.45) is 5.42. The van der Waals surface area contributed by atoms with Crippen molar-refractivity contribution in [3.8, 4) is 0 Å². The second kappa shape index (κ2) is 8.09. The summed E-state index contributed by atoms with van der Waals surface area (Å²) in [6.45, 7) is 5.93. The van der Waals surface area contributed by atoms with Crippen molar-refractivity contribution in [3.05, 3.63) is 29.8 Å². The van der Waals surface area contributed by atoms with Crippen LogP contribution in [0.1, 0.15) is 57.4 Å². The molecule has 0 unspecified atom stereocenters. The van der Waals surface area contributed by atoms with Gasteiger partial charge in [-0.05, 0) is 42.4 Å². The van der Waals surface area contributed by atoms with E-state index < -0.39 is 10.0 Å². The molecule has 0 spiro atoms. The minimum Gasteiger partial charge on any atom is -0.340 e. The molecule has 0 atom stereocenters. The van der Waals surface area contributed by atoms with Gasteiger partial charge in [-0.2, -0.15) is 4.31 Å². The number of piperazine rings is 1. The van der Waals surface area contributed by atoms with E-state index in [1.807, 2.05) is 17.0 Å². The number of nitrogens with zero attached hydrogens (tertiary/aromatic N) is 2. The van der Waals surface area contributed by atoms with Crippen molar-refractivity contribution in [1.82, 2.24) is 9.21 Å². The van der Waals surface area contributed by atoms with Gasteiger partial charge in [-0.15, -0.1) is 0 Å². The molecule has 0 aromatic heterocycles. The molecule has 1 heterocycles. The first kappa shape index (κ1) is 19.4. The molecule has 5 nitrogen and oxygen atoms in total. The predicted octanol–water partition coefficient (Wildman–Crippen LogP) is 3.22. The Balaban J connectivity index is 1.58. The van der Waals surface area contributed by atoms with Crippen molar-refractivity contribution < 1.29 is 13.2 Å². The van der Waals surface area contributed by atoms with Crippen LogP contribution in [0.5, 0.6) is 0 Å². The van der Waals surface area contributed by atoms with E-state index in [-0.39, 0.29) is 5.91 Å².